The fourth-order valence-corrected chi connectivity index (χ4v) is 5.19. The number of aromatic carboxylic acids is 1. The normalized spacial score (nSPS) is 14.3. The average Bonchev–Trinajstić information content (AvgIpc) is 3.52. The van der Waals surface area contributed by atoms with Crippen LogP contribution in [0.3, 0.4) is 0 Å². The van der Waals surface area contributed by atoms with Crippen molar-refractivity contribution in [2.75, 3.05) is 45.3 Å². The van der Waals surface area contributed by atoms with Crippen molar-refractivity contribution in [1.29, 1.82) is 0 Å². The minimum Gasteiger partial charge on any atom is -0.502 e. The molecule has 4 aromatic rings. The number of aromatic hydroxyl groups is 1. The van der Waals surface area contributed by atoms with Gasteiger partial charge in [0.15, 0.2) is 5.76 Å². The van der Waals surface area contributed by atoms with Gasteiger partial charge < -0.3 is 33.4 Å². The van der Waals surface area contributed by atoms with Crippen LogP contribution >= 0.6 is 0 Å². The van der Waals surface area contributed by atoms with Crippen molar-refractivity contribution in [3.8, 4) is 22.8 Å². The lowest BCUT2D eigenvalue weighted by Gasteiger charge is -2.35. The smallest absolute Gasteiger partial charge is 0.336 e. The summed E-state index contributed by atoms with van der Waals surface area (Å²) in [5.74, 6) is -1.94. The number of piperazine rings is 1. The van der Waals surface area contributed by atoms with Gasteiger partial charge in [-0.1, -0.05) is 18.2 Å². The Morgan fingerprint density at radius 1 is 0.953 bits per heavy atom. The summed E-state index contributed by atoms with van der Waals surface area (Å²) in [5, 5.41) is 20.4. The van der Waals surface area contributed by atoms with Crippen LogP contribution in [0.15, 0.2) is 80.4 Å². The van der Waals surface area contributed by atoms with E-state index in [4.69, 9.17) is 18.3 Å². The molecule has 0 aliphatic carbocycles. The molecule has 2 N–H and O–H groups in total. The fraction of sp³-hybridized carbons (Fsp3) is 0.281. The van der Waals surface area contributed by atoms with E-state index in [0.717, 1.165) is 24.5 Å². The van der Waals surface area contributed by atoms with Crippen LogP contribution in [0.25, 0.3) is 11.3 Å². The molecule has 1 atom stereocenters. The zero-order valence-electron chi connectivity index (χ0n) is 23.8. The number of carbonyl (C=O) groups is 2. The van der Waals surface area contributed by atoms with E-state index in [2.05, 4.69) is 9.80 Å². The number of rotatable bonds is 10. The largest absolute Gasteiger partial charge is 0.502 e. The summed E-state index contributed by atoms with van der Waals surface area (Å²) in [6.07, 6.45) is -0.287. The molecule has 1 saturated heterocycles. The summed E-state index contributed by atoms with van der Waals surface area (Å²) in [6, 6.07) is 18.6. The molecular weight excluding hydrogens is 556 g/mol. The molecule has 0 unspecified atom stereocenters. The molecule has 224 valence electrons. The zero-order valence-corrected chi connectivity index (χ0v) is 23.8. The Morgan fingerprint density at radius 3 is 2.35 bits per heavy atom. The SMILES string of the molecule is COC(=O)C[C@@H](c1ccc(-c2ccccc2C(=O)O)o1)c1oc(CN2CCN(c3ccc(OC)cc3)CC2)cc(=O)c1O. The molecule has 11 heteroatoms. The maximum Gasteiger partial charge on any atom is 0.336 e. The van der Waals surface area contributed by atoms with Gasteiger partial charge in [0.2, 0.25) is 11.2 Å². The Kier molecular flexibility index (Phi) is 8.82. The highest BCUT2D eigenvalue weighted by Crippen LogP contribution is 2.37. The topological polar surface area (TPSA) is 143 Å². The van der Waals surface area contributed by atoms with Crippen molar-refractivity contribution in [2.45, 2.75) is 18.9 Å². The number of hydrogen-bond acceptors (Lipinski definition) is 10. The van der Waals surface area contributed by atoms with Gasteiger partial charge in [0.25, 0.3) is 0 Å². The molecule has 43 heavy (non-hydrogen) atoms. The standard InChI is InChI=1S/C32H32N2O9/c1-40-21-9-7-20(8-10-21)34-15-13-33(14-16-34)19-22-17-26(35)30(37)31(42-22)25(18-29(36)41-2)28-12-11-27(43-28)23-5-3-4-6-24(23)32(38)39/h3-12,17,25,37H,13-16,18-19H2,1-2H3,(H,38,39)/t25-/m0/s1. The van der Waals surface area contributed by atoms with Gasteiger partial charge in [-0.3, -0.25) is 14.5 Å². The molecule has 0 bridgehead atoms. The quantitative estimate of drug-likeness (QED) is 0.256. The molecule has 2 aromatic heterocycles. The number of methoxy groups -OCH3 is 2. The van der Waals surface area contributed by atoms with Crippen LogP contribution in [-0.2, 0) is 16.1 Å². The second-order valence-electron chi connectivity index (χ2n) is 10.1. The van der Waals surface area contributed by atoms with Gasteiger partial charge in [-0.15, -0.1) is 0 Å². The van der Waals surface area contributed by atoms with E-state index < -0.39 is 29.0 Å². The van der Waals surface area contributed by atoms with E-state index in [1.165, 1.54) is 19.2 Å². The highest BCUT2D eigenvalue weighted by atomic mass is 16.5. The molecule has 1 aliphatic rings. The maximum atomic E-state index is 12.9. The lowest BCUT2D eigenvalue weighted by Crippen LogP contribution is -2.46. The van der Waals surface area contributed by atoms with Gasteiger partial charge in [0.05, 0.1) is 38.7 Å². The summed E-state index contributed by atoms with van der Waals surface area (Å²) in [5.41, 5.74) is 0.821. The van der Waals surface area contributed by atoms with Gasteiger partial charge in [0, 0.05) is 43.5 Å². The summed E-state index contributed by atoms with van der Waals surface area (Å²) >= 11 is 0. The second-order valence-corrected chi connectivity index (χ2v) is 10.1. The lowest BCUT2D eigenvalue weighted by atomic mass is 9.98. The van der Waals surface area contributed by atoms with Gasteiger partial charge in [-0.05, 0) is 42.5 Å². The minimum absolute atomic E-state index is 0.0383. The first-order valence-corrected chi connectivity index (χ1v) is 13.7. The Labute approximate surface area is 247 Å². The van der Waals surface area contributed by atoms with Crippen LogP contribution < -0.4 is 15.1 Å². The van der Waals surface area contributed by atoms with Gasteiger partial charge in [-0.25, -0.2) is 4.79 Å². The highest BCUT2D eigenvalue weighted by molar-refractivity contribution is 5.95. The van der Waals surface area contributed by atoms with E-state index in [9.17, 15) is 24.6 Å². The molecule has 0 radical (unpaired) electrons. The number of esters is 1. The highest BCUT2D eigenvalue weighted by Gasteiger charge is 2.30. The third-order valence-corrected chi connectivity index (χ3v) is 7.50. The van der Waals surface area contributed by atoms with Crippen molar-refractivity contribution in [3.63, 3.8) is 0 Å². The minimum atomic E-state index is -1.12. The van der Waals surface area contributed by atoms with E-state index in [1.54, 1.807) is 37.4 Å². The van der Waals surface area contributed by atoms with Crippen LogP contribution in [0.4, 0.5) is 5.69 Å². The van der Waals surface area contributed by atoms with Crippen molar-refractivity contribution < 1.29 is 38.1 Å². The molecule has 11 nitrogen and oxygen atoms in total. The monoisotopic (exact) mass is 588 g/mol. The van der Waals surface area contributed by atoms with Crippen LogP contribution in [0.2, 0.25) is 0 Å². The molecule has 0 spiro atoms. The Hall–Kier alpha value is -5.03. The van der Waals surface area contributed by atoms with Crippen LogP contribution in [-0.4, -0.2) is 67.5 Å². The molecular formula is C32H32N2O9. The summed E-state index contributed by atoms with van der Waals surface area (Å²) < 4.78 is 22.2. The maximum absolute atomic E-state index is 12.9. The van der Waals surface area contributed by atoms with E-state index in [0.29, 0.717) is 31.0 Å². The number of benzene rings is 2. The predicted molar refractivity (Wildman–Crippen MR) is 157 cm³/mol. The molecule has 1 aliphatic heterocycles. The Morgan fingerprint density at radius 2 is 1.67 bits per heavy atom. The van der Waals surface area contributed by atoms with Gasteiger partial charge in [0.1, 0.15) is 23.0 Å². The first kappa shape index (κ1) is 29.5. The molecule has 0 amide bonds. The molecule has 5 rings (SSSR count). The van der Waals surface area contributed by atoms with Crippen molar-refractivity contribution in [3.05, 3.63) is 99.8 Å². The molecule has 1 fully saturated rings. The van der Waals surface area contributed by atoms with Gasteiger partial charge in [-0.2, -0.15) is 0 Å². The fourth-order valence-electron chi connectivity index (χ4n) is 5.19. The summed E-state index contributed by atoms with van der Waals surface area (Å²) in [7, 11) is 2.86. The number of furan rings is 1. The van der Waals surface area contributed by atoms with Crippen molar-refractivity contribution in [2.24, 2.45) is 0 Å². The van der Waals surface area contributed by atoms with Crippen molar-refractivity contribution in [1.82, 2.24) is 4.90 Å². The molecule has 2 aromatic carbocycles. The number of carbonyl (C=O) groups excluding carboxylic acids is 1. The second kappa shape index (κ2) is 12.9. The number of nitrogens with zero attached hydrogens (tertiary/aromatic N) is 2. The lowest BCUT2D eigenvalue weighted by molar-refractivity contribution is -0.141. The first-order valence-electron chi connectivity index (χ1n) is 13.7. The average molecular weight is 589 g/mol. The Bertz CT molecular complexity index is 1650. The van der Waals surface area contributed by atoms with Crippen LogP contribution in [0.5, 0.6) is 11.5 Å². The summed E-state index contributed by atoms with van der Waals surface area (Å²) in [6.45, 7) is 3.27. The van der Waals surface area contributed by atoms with Crippen LogP contribution in [0.1, 0.15) is 40.0 Å². The van der Waals surface area contributed by atoms with E-state index >= 15 is 0 Å². The number of ether oxygens (including phenoxy) is 2. The van der Waals surface area contributed by atoms with Gasteiger partial charge >= 0.3 is 11.9 Å². The number of carboxylic acid groups (broad SMARTS) is 1. The van der Waals surface area contributed by atoms with Crippen LogP contribution in [0, 0.1) is 0 Å². The third kappa shape index (κ3) is 6.57. The first-order chi connectivity index (χ1) is 20.8. The number of carboxylic acids is 1. The summed E-state index contributed by atoms with van der Waals surface area (Å²) in [4.78, 5) is 41.4. The third-order valence-electron chi connectivity index (χ3n) is 7.50. The number of anilines is 1. The molecule has 0 saturated carbocycles. The van der Waals surface area contributed by atoms with Crippen molar-refractivity contribution >= 4 is 17.6 Å². The Balaban J connectivity index is 1.39. The van der Waals surface area contributed by atoms with E-state index in [1.807, 2.05) is 24.3 Å². The van der Waals surface area contributed by atoms with E-state index in [-0.39, 0.29) is 29.3 Å². The number of hydrogen-bond donors (Lipinski definition) is 2. The predicted octanol–water partition coefficient (Wildman–Crippen LogP) is 4.33. The molecule has 3 heterocycles. The zero-order chi connectivity index (χ0) is 30.5.